The van der Waals surface area contributed by atoms with Crippen molar-refractivity contribution in [3.8, 4) is 22.3 Å². The molecule has 0 fully saturated rings. The van der Waals surface area contributed by atoms with E-state index < -0.39 is 23.8 Å². The second kappa shape index (κ2) is 18.2. The van der Waals surface area contributed by atoms with Crippen LogP contribution in [0.4, 0.5) is 0 Å². The Balaban J connectivity index is 0.000000293. The second-order valence-corrected chi connectivity index (χ2v) is 10.4. The van der Waals surface area contributed by atoms with Crippen LogP contribution in [-0.2, 0) is 32.0 Å². The van der Waals surface area contributed by atoms with Crippen molar-refractivity contribution >= 4 is 61.2 Å². The van der Waals surface area contributed by atoms with Crippen LogP contribution in [0, 0.1) is 11.8 Å². The summed E-state index contributed by atoms with van der Waals surface area (Å²) in [5.74, 6) is -3.99. The Morgan fingerprint density at radius 2 is 0.767 bits per heavy atom. The molecule has 6 nitrogen and oxygen atoms in total. The average Bonchev–Trinajstić information content (AvgIpc) is 2.99. The second-order valence-electron chi connectivity index (χ2n) is 10.4. The molecule has 0 aromatic heterocycles. The average molecular weight is 603 g/mol. The van der Waals surface area contributed by atoms with Crippen molar-refractivity contribution < 1.29 is 29.4 Å². The Bertz CT molecular complexity index is 1350. The number of aliphatic carboxylic acids is 2. The molecule has 0 unspecified atom stereocenters. The minimum absolute atomic E-state index is 0. The molecule has 0 aliphatic heterocycles. The summed E-state index contributed by atoms with van der Waals surface area (Å²) >= 11 is 0. The molecular weight excluding hydrogens is 568 g/mol. The van der Waals surface area contributed by atoms with Crippen molar-refractivity contribution in [2.24, 2.45) is 11.8 Å². The van der Waals surface area contributed by atoms with Gasteiger partial charge in [-0.2, -0.15) is 0 Å². The first-order chi connectivity index (χ1) is 20.1. The van der Waals surface area contributed by atoms with Crippen molar-refractivity contribution in [2.75, 3.05) is 0 Å². The predicted molar refractivity (Wildman–Crippen MR) is 165 cm³/mol. The maximum Gasteiger partial charge on any atom is 2.00 e. The first-order valence-electron chi connectivity index (χ1n) is 13.9. The van der Waals surface area contributed by atoms with Crippen LogP contribution in [-0.4, -0.2) is 61.2 Å². The normalized spacial score (nSPS) is 11.6. The van der Waals surface area contributed by atoms with Crippen LogP contribution in [0.3, 0.4) is 0 Å². The first-order valence-corrected chi connectivity index (χ1v) is 13.9. The first kappa shape index (κ1) is 35.6. The van der Waals surface area contributed by atoms with E-state index in [9.17, 15) is 29.4 Å². The summed E-state index contributed by atoms with van der Waals surface area (Å²) in [6, 6.07) is 35.5. The largest absolute Gasteiger partial charge is 2.00 e. The summed E-state index contributed by atoms with van der Waals surface area (Å²) < 4.78 is 0. The van der Waals surface area contributed by atoms with Gasteiger partial charge in [0, 0.05) is 49.5 Å². The van der Waals surface area contributed by atoms with Gasteiger partial charge in [-0.05, 0) is 33.4 Å². The zero-order valence-corrected chi connectivity index (χ0v) is 26.7. The summed E-state index contributed by atoms with van der Waals surface area (Å²) in [5.41, 5.74) is 6.22. The van der Waals surface area contributed by atoms with Crippen LogP contribution in [0.5, 0.6) is 0 Å². The smallest absolute Gasteiger partial charge is 0.550 e. The van der Waals surface area contributed by atoms with E-state index in [2.05, 4.69) is 0 Å². The zero-order valence-electron chi connectivity index (χ0n) is 24.5. The summed E-state index contributed by atoms with van der Waals surface area (Å²) in [4.78, 5) is 44.8. The molecule has 0 amide bonds. The van der Waals surface area contributed by atoms with Gasteiger partial charge < -0.3 is 19.8 Å². The number of hydrogen-bond acceptors (Lipinski definition) is 6. The van der Waals surface area contributed by atoms with Crippen molar-refractivity contribution in [2.45, 2.75) is 39.5 Å². The van der Waals surface area contributed by atoms with Crippen LogP contribution in [0.25, 0.3) is 22.3 Å². The molecule has 0 saturated heterocycles. The molecule has 4 aromatic rings. The number of carboxylic acid groups (broad SMARTS) is 2. The zero-order chi connectivity index (χ0) is 30.5. The van der Waals surface area contributed by atoms with E-state index in [0.717, 1.165) is 33.4 Å². The van der Waals surface area contributed by atoms with Crippen molar-refractivity contribution in [3.63, 3.8) is 0 Å². The summed E-state index contributed by atoms with van der Waals surface area (Å²) in [5, 5.41) is 21.3. The summed E-state index contributed by atoms with van der Waals surface area (Å²) in [6.07, 6.45) is 0.547. The third-order valence-corrected chi connectivity index (χ3v) is 6.80. The van der Waals surface area contributed by atoms with Crippen LogP contribution < -0.4 is 10.2 Å². The molecule has 0 heterocycles. The third-order valence-electron chi connectivity index (χ3n) is 6.80. The Morgan fingerprint density at radius 1 is 0.488 bits per heavy atom. The standard InChI is InChI=1S/2C18H18O3.Ca/c2*1-13(18(20)21)11-17(19)12-14-7-9-16(10-8-14)15-5-3-2-4-6-15;/h2*2-10,13H,11-12H2,1H3,(H,20,21);/q;;+2/p-2/t2*13-;/m11./s1. The molecule has 0 aliphatic rings. The van der Waals surface area contributed by atoms with Gasteiger partial charge in [-0.1, -0.05) is 123 Å². The van der Waals surface area contributed by atoms with E-state index in [1.54, 1.807) is 0 Å². The molecule has 0 bridgehead atoms. The molecule has 0 spiro atoms. The van der Waals surface area contributed by atoms with Gasteiger partial charge in [0.25, 0.3) is 0 Å². The fourth-order valence-electron chi connectivity index (χ4n) is 4.34. The van der Waals surface area contributed by atoms with Crippen molar-refractivity contribution in [1.29, 1.82) is 0 Å². The van der Waals surface area contributed by atoms with Crippen LogP contribution in [0.15, 0.2) is 109 Å². The van der Waals surface area contributed by atoms with E-state index in [-0.39, 0.29) is 75.0 Å². The molecule has 4 aromatic carbocycles. The van der Waals surface area contributed by atoms with Gasteiger partial charge in [0.2, 0.25) is 0 Å². The summed E-state index contributed by atoms with van der Waals surface area (Å²) in [6.45, 7) is 2.98. The SMILES string of the molecule is C[C@H](CC(=O)Cc1ccc(-c2ccccc2)cc1)C(=O)[O-].C[C@H](CC(=O)Cc1ccc(-c2ccccc2)cc1)C(=O)[O-].[Ca+2]. The van der Waals surface area contributed by atoms with Crippen molar-refractivity contribution in [3.05, 3.63) is 120 Å². The molecule has 7 heteroatoms. The third kappa shape index (κ3) is 12.3. The van der Waals surface area contributed by atoms with Gasteiger partial charge in [0.15, 0.2) is 0 Å². The van der Waals surface area contributed by atoms with Crippen LogP contribution >= 0.6 is 0 Å². The number of ketones is 2. The topological polar surface area (TPSA) is 114 Å². The Kier molecular flexibility index (Phi) is 15.0. The van der Waals surface area contributed by atoms with Gasteiger partial charge in [-0.15, -0.1) is 0 Å². The van der Waals surface area contributed by atoms with Gasteiger partial charge in [0.05, 0.1) is 0 Å². The maximum absolute atomic E-state index is 11.8. The molecule has 2 atom stereocenters. The predicted octanol–water partition coefficient (Wildman–Crippen LogP) is 4.10. The van der Waals surface area contributed by atoms with Crippen LogP contribution in [0.2, 0.25) is 0 Å². The number of Topliss-reactive ketones (excluding diaryl/α,β-unsaturated/α-hetero) is 2. The fourth-order valence-corrected chi connectivity index (χ4v) is 4.34. The number of carboxylic acids is 2. The Labute approximate surface area is 282 Å². The van der Waals surface area contributed by atoms with E-state index in [1.165, 1.54) is 13.8 Å². The minimum Gasteiger partial charge on any atom is -0.550 e. The number of rotatable bonds is 12. The van der Waals surface area contributed by atoms with E-state index in [0.29, 0.717) is 0 Å². The molecular formula is C36H34CaO6. The Hall–Kier alpha value is -3.58. The van der Waals surface area contributed by atoms with E-state index >= 15 is 0 Å². The monoisotopic (exact) mass is 602 g/mol. The molecule has 43 heavy (non-hydrogen) atoms. The van der Waals surface area contributed by atoms with E-state index in [1.807, 2.05) is 109 Å². The molecule has 4 rings (SSSR count). The number of carbonyl (C=O) groups excluding carboxylic acids is 4. The van der Waals surface area contributed by atoms with Gasteiger partial charge in [0.1, 0.15) is 11.6 Å². The quantitative estimate of drug-likeness (QED) is 0.226. The fraction of sp³-hybridized carbons (Fsp3) is 0.222. The molecule has 0 radical (unpaired) electrons. The van der Waals surface area contributed by atoms with Crippen molar-refractivity contribution in [1.82, 2.24) is 0 Å². The number of benzene rings is 4. The maximum atomic E-state index is 11.8. The molecule has 0 N–H and O–H groups in total. The molecule has 0 aliphatic carbocycles. The van der Waals surface area contributed by atoms with E-state index in [4.69, 9.17) is 0 Å². The van der Waals surface area contributed by atoms with Gasteiger partial charge >= 0.3 is 37.7 Å². The van der Waals surface area contributed by atoms with Gasteiger partial charge in [-0.25, -0.2) is 0 Å². The van der Waals surface area contributed by atoms with Crippen LogP contribution in [0.1, 0.15) is 37.8 Å². The number of hydrogen-bond donors (Lipinski definition) is 0. The molecule has 216 valence electrons. The molecule has 0 saturated carbocycles. The van der Waals surface area contributed by atoms with Gasteiger partial charge in [-0.3, -0.25) is 9.59 Å². The summed E-state index contributed by atoms with van der Waals surface area (Å²) in [7, 11) is 0. The Morgan fingerprint density at radius 3 is 1.05 bits per heavy atom. The minimum atomic E-state index is -1.18. The number of carbonyl (C=O) groups is 4.